The van der Waals surface area contributed by atoms with E-state index in [0.717, 1.165) is 5.69 Å². The van der Waals surface area contributed by atoms with E-state index in [4.69, 9.17) is 0 Å². The second-order valence-corrected chi connectivity index (χ2v) is 9.46. The maximum atomic E-state index is 12.5. The van der Waals surface area contributed by atoms with E-state index in [1.165, 1.54) is 37.7 Å². The molecule has 1 aromatic rings. The summed E-state index contributed by atoms with van der Waals surface area (Å²) in [5.41, 5.74) is 2.12. The number of urea groups is 1. The summed E-state index contributed by atoms with van der Waals surface area (Å²) in [5.74, 6) is 0.904. The molecular formula is C19H28N2O3S. The first kappa shape index (κ1) is 18.2. The van der Waals surface area contributed by atoms with Crippen LogP contribution in [0.25, 0.3) is 0 Å². The molecule has 0 bridgehead atoms. The van der Waals surface area contributed by atoms with Gasteiger partial charge in [0.05, 0.1) is 11.5 Å². The van der Waals surface area contributed by atoms with Crippen molar-refractivity contribution < 1.29 is 13.2 Å². The summed E-state index contributed by atoms with van der Waals surface area (Å²) in [6, 6.07) is 7.72. The van der Waals surface area contributed by atoms with Crippen LogP contribution in [0.5, 0.6) is 0 Å². The van der Waals surface area contributed by atoms with Gasteiger partial charge in [0.2, 0.25) is 0 Å². The maximum absolute atomic E-state index is 12.5. The number of carbonyl (C=O) groups is 1. The van der Waals surface area contributed by atoms with Gasteiger partial charge < -0.3 is 10.2 Å². The first-order valence-corrected chi connectivity index (χ1v) is 11.2. The van der Waals surface area contributed by atoms with Gasteiger partial charge in [0.15, 0.2) is 9.84 Å². The van der Waals surface area contributed by atoms with Gasteiger partial charge in [0.25, 0.3) is 0 Å². The lowest BCUT2D eigenvalue weighted by Gasteiger charge is -2.27. The molecule has 2 aliphatic rings. The van der Waals surface area contributed by atoms with E-state index < -0.39 is 9.84 Å². The molecule has 3 rings (SSSR count). The average Bonchev–Trinajstić information content (AvgIpc) is 2.96. The van der Waals surface area contributed by atoms with Gasteiger partial charge in [-0.3, -0.25) is 0 Å². The van der Waals surface area contributed by atoms with Crippen LogP contribution in [-0.4, -0.2) is 43.4 Å². The number of anilines is 1. The Kier molecular flexibility index (Phi) is 5.67. The Morgan fingerprint density at radius 2 is 1.80 bits per heavy atom. The van der Waals surface area contributed by atoms with Crippen LogP contribution in [0.1, 0.15) is 56.9 Å². The molecule has 25 heavy (non-hydrogen) atoms. The minimum atomic E-state index is -3.00. The van der Waals surface area contributed by atoms with E-state index >= 15 is 0 Å². The number of hydrogen-bond acceptors (Lipinski definition) is 3. The van der Waals surface area contributed by atoms with E-state index in [1.807, 2.05) is 19.1 Å². The highest BCUT2D eigenvalue weighted by Crippen LogP contribution is 2.33. The molecule has 1 saturated carbocycles. The monoisotopic (exact) mass is 364 g/mol. The highest BCUT2D eigenvalue weighted by molar-refractivity contribution is 7.91. The van der Waals surface area contributed by atoms with E-state index in [-0.39, 0.29) is 23.6 Å². The smallest absolute Gasteiger partial charge is 0.321 e. The van der Waals surface area contributed by atoms with E-state index in [9.17, 15) is 13.2 Å². The first-order valence-electron chi connectivity index (χ1n) is 9.36. The van der Waals surface area contributed by atoms with Crippen LogP contribution in [0.4, 0.5) is 10.5 Å². The molecule has 1 aromatic carbocycles. The van der Waals surface area contributed by atoms with Crippen LogP contribution in [0.15, 0.2) is 24.3 Å². The zero-order valence-corrected chi connectivity index (χ0v) is 15.7. The van der Waals surface area contributed by atoms with Crippen molar-refractivity contribution in [2.75, 3.05) is 23.4 Å². The van der Waals surface area contributed by atoms with Crippen LogP contribution in [0.3, 0.4) is 0 Å². The number of hydrogen-bond donors (Lipinski definition) is 1. The molecule has 5 nitrogen and oxygen atoms in total. The Bertz CT molecular complexity index is 694. The third kappa shape index (κ3) is 4.54. The second kappa shape index (κ2) is 7.77. The fraction of sp³-hybridized carbons (Fsp3) is 0.632. The van der Waals surface area contributed by atoms with Gasteiger partial charge >= 0.3 is 6.03 Å². The second-order valence-electron chi connectivity index (χ2n) is 7.23. The Balaban J connectivity index is 1.61. The highest BCUT2D eigenvalue weighted by atomic mass is 32.2. The zero-order chi connectivity index (χ0) is 17.9. The molecule has 138 valence electrons. The molecule has 0 aromatic heterocycles. The van der Waals surface area contributed by atoms with Gasteiger partial charge in [0.1, 0.15) is 0 Å². The number of rotatable bonds is 4. The van der Waals surface area contributed by atoms with Crippen LogP contribution in [0, 0.1) is 0 Å². The Labute approximate surface area is 150 Å². The van der Waals surface area contributed by atoms with E-state index in [2.05, 4.69) is 17.4 Å². The predicted molar refractivity (Wildman–Crippen MR) is 101 cm³/mol. The fourth-order valence-corrected chi connectivity index (χ4v) is 5.79. The largest absolute Gasteiger partial charge is 0.322 e. The molecule has 1 N–H and O–H groups in total. The minimum Gasteiger partial charge on any atom is -0.321 e. The van der Waals surface area contributed by atoms with Gasteiger partial charge in [-0.1, -0.05) is 31.4 Å². The van der Waals surface area contributed by atoms with Crippen LogP contribution >= 0.6 is 0 Å². The average molecular weight is 365 g/mol. The molecule has 1 atom stereocenters. The van der Waals surface area contributed by atoms with Crippen molar-refractivity contribution in [3.63, 3.8) is 0 Å². The maximum Gasteiger partial charge on any atom is 0.322 e. The van der Waals surface area contributed by atoms with Crippen molar-refractivity contribution in [2.24, 2.45) is 0 Å². The van der Waals surface area contributed by atoms with Crippen molar-refractivity contribution in [1.82, 2.24) is 4.90 Å². The van der Waals surface area contributed by atoms with Gasteiger partial charge in [-0.25, -0.2) is 13.2 Å². The highest BCUT2D eigenvalue weighted by Gasteiger charge is 2.33. The van der Waals surface area contributed by atoms with Gasteiger partial charge in [0, 0.05) is 18.3 Å². The van der Waals surface area contributed by atoms with E-state index in [0.29, 0.717) is 18.9 Å². The summed E-state index contributed by atoms with van der Waals surface area (Å²) < 4.78 is 23.3. The number of sulfone groups is 1. The summed E-state index contributed by atoms with van der Waals surface area (Å²) in [6.07, 6.45) is 6.99. The molecule has 0 spiro atoms. The number of nitrogens with zero attached hydrogens (tertiary/aromatic N) is 1. The topological polar surface area (TPSA) is 66.5 Å². The van der Waals surface area contributed by atoms with Crippen LogP contribution < -0.4 is 5.32 Å². The van der Waals surface area contributed by atoms with Crippen molar-refractivity contribution in [1.29, 1.82) is 0 Å². The normalized spacial score (nSPS) is 23.3. The quantitative estimate of drug-likeness (QED) is 0.884. The van der Waals surface area contributed by atoms with Crippen LogP contribution in [0.2, 0.25) is 0 Å². The zero-order valence-electron chi connectivity index (χ0n) is 14.9. The number of carbonyl (C=O) groups excluding carboxylic acids is 1. The Morgan fingerprint density at radius 3 is 2.36 bits per heavy atom. The Hall–Kier alpha value is -1.56. The lowest BCUT2D eigenvalue weighted by Crippen LogP contribution is -2.43. The van der Waals surface area contributed by atoms with Gasteiger partial charge in [-0.2, -0.15) is 0 Å². The molecule has 1 heterocycles. The molecule has 1 saturated heterocycles. The van der Waals surface area contributed by atoms with Crippen molar-refractivity contribution in [2.45, 2.75) is 57.4 Å². The summed E-state index contributed by atoms with van der Waals surface area (Å²) in [5, 5.41) is 2.92. The fourth-order valence-electron chi connectivity index (χ4n) is 4.06. The number of amides is 2. The molecule has 6 heteroatoms. The summed E-state index contributed by atoms with van der Waals surface area (Å²) in [4.78, 5) is 14.2. The molecular weight excluding hydrogens is 336 g/mol. The summed E-state index contributed by atoms with van der Waals surface area (Å²) in [6.45, 7) is 2.39. The lowest BCUT2D eigenvalue weighted by molar-refractivity contribution is 0.197. The number of benzene rings is 1. The molecule has 2 fully saturated rings. The third-order valence-corrected chi connectivity index (χ3v) is 7.24. The molecule has 1 aliphatic carbocycles. The van der Waals surface area contributed by atoms with E-state index in [1.54, 1.807) is 4.90 Å². The van der Waals surface area contributed by atoms with Gasteiger partial charge in [-0.05, 0) is 49.8 Å². The first-order chi connectivity index (χ1) is 12.0. The van der Waals surface area contributed by atoms with Crippen molar-refractivity contribution in [3.8, 4) is 0 Å². The molecule has 1 aliphatic heterocycles. The van der Waals surface area contributed by atoms with Gasteiger partial charge in [-0.15, -0.1) is 0 Å². The molecule has 0 unspecified atom stereocenters. The van der Waals surface area contributed by atoms with Crippen molar-refractivity contribution in [3.05, 3.63) is 29.8 Å². The van der Waals surface area contributed by atoms with Crippen molar-refractivity contribution >= 4 is 21.6 Å². The molecule has 0 radical (unpaired) electrons. The number of nitrogens with one attached hydrogen (secondary N) is 1. The summed E-state index contributed by atoms with van der Waals surface area (Å²) >= 11 is 0. The minimum absolute atomic E-state index is 0.0783. The Morgan fingerprint density at radius 1 is 1.12 bits per heavy atom. The molecule has 2 amide bonds. The predicted octanol–water partition coefficient (Wildman–Crippen LogP) is 3.78. The third-order valence-electron chi connectivity index (χ3n) is 5.49. The standard InChI is InChI=1S/C19H28N2O3S/c1-2-21(18-12-13-25(23,24)14-18)19(22)20-17-10-8-16(9-11-17)15-6-4-3-5-7-15/h8-11,15,18H,2-7,12-14H2,1H3,(H,20,22)/t18-/m1/s1. The van der Waals surface area contributed by atoms with Crippen LogP contribution in [-0.2, 0) is 9.84 Å². The summed E-state index contributed by atoms with van der Waals surface area (Å²) in [7, 11) is -3.00. The lowest BCUT2D eigenvalue weighted by atomic mass is 9.84. The SMILES string of the molecule is CCN(C(=O)Nc1ccc(C2CCCCC2)cc1)[C@@H]1CCS(=O)(=O)C1.